The number of carbonyl (C=O) groups is 2. The molecular weight excluding hydrogens is 470 g/mol. The van der Waals surface area contributed by atoms with Crippen LogP contribution in [0.1, 0.15) is 5.76 Å². The van der Waals surface area contributed by atoms with Crippen molar-refractivity contribution in [2.75, 3.05) is 12.0 Å². The monoisotopic (exact) mass is 483 g/mol. The van der Waals surface area contributed by atoms with Gasteiger partial charge in [-0.15, -0.1) is 0 Å². The van der Waals surface area contributed by atoms with Crippen molar-refractivity contribution in [3.8, 4) is 17.1 Å². The first-order chi connectivity index (χ1) is 15.8. The Labute approximate surface area is 197 Å². The standard InChI is InChI=1S/C22H14ClN3O6S/c1-31-14-5-2-12(3-6-14)25-21(28)17(20(27)24-22(25)33)11-15-7-9-19(32-15)16-8-4-13(26(29)30)10-18(16)23/h2-11H,1H3,(H,24,27,33)/b17-11-. The molecule has 1 aliphatic heterocycles. The molecule has 0 unspecified atom stereocenters. The molecule has 11 heteroatoms. The van der Waals surface area contributed by atoms with Crippen LogP contribution in [0.5, 0.6) is 5.75 Å². The predicted molar refractivity (Wildman–Crippen MR) is 125 cm³/mol. The minimum atomic E-state index is -0.666. The number of ether oxygens (including phenoxy) is 1. The minimum absolute atomic E-state index is 0.0508. The summed E-state index contributed by atoms with van der Waals surface area (Å²) in [5.74, 6) is -0.170. The molecule has 0 radical (unpaired) electrons. The summed E-state index contributed by atoms with van der Waals surface area (Å²) in [5, 5.41) is 13.5. The minimum Gasteiger partial charge on any atom is -0.497 e. The number of non-ortho nitro benzene ring substituents is 1. The fraction of sp³-hybridized carbons (Fsp3) is 0.0455. The van der Waals surface area contributed by atoms with E-state index in [1.807, 2.05) is 0 Å². The lowest BCUT2D eigenvalue weighted by atomic mass is 10.1. The second-order valence-electron chi connectivity index (χ2n) is 6.78. The molecule has 0 bridgehead atoms. The van der Waals surface area contributed by atoms with Gasteiger partial charge >= 0.3 is 0 Å². The number of furan rings is 1. The quantitative estimate of drug-likeness (QED) is 0.188. The Balaban J connectivity index is 1.65. The molecule has 3 aromatic rings. The van der Waals surface area contributed by atoms with Crippen molar-refractivity contribution in [1.29, 1.82) is 0 Å². The number of carbonyl (C=O) groups excluding carboxylic acids is 2. The Hall–Kier alpha value is -4.02. The van der Waals surface area contributed by atoms with Gasteiger partial charge in [-0.3, -0.25) is 29.9 Å². The van der Waals surface area contributed by atoms with Crippen molar-refractivity contribution in [3.05, 3.63) is 81.1 Å². The number of nitrogens with one attached hydrogen (secondary N) is 1. The number of hydrogen-bond donors (Lipinski definition) is 1. The second kappa shape index (κ2) is 8.85. The molecule has 0 saturated carbocycles. The Morgan fingerprint density at radius 2 is 1.88 bits per heavy atom. The molecule has 9 nitrogen and oxygen atoms in total. The van der Waals surface area contributed by atoms with E-state index in [0.29, 0.717) is 22.8 Å². The normalized spacial score (nSPS) is 15.0. The molecule has 0 spiro atoms. The largest absolute Gasteiger partial charge is 0.497 e. The Morgan fingerprint density at radius 3 is 2.52 bits per heavy atom. The van der Waals surface area contributed by atoms with E-state index in [4.69, 9.17) is 33.0 Å². The van der Waals surface area contributed by atoms with E-state index < -0.39 is 16.7 Å². The summed E-state index contributed by atoms with van der Waals surface area (Å²) in [6.45, 7) is 0. The van der Waals surface area contributed by atoms with E-state index in [-0.39, 0.29) is 27.2 Å². The highest BCUT2D eigenvalue weighted by Gasteiger charge is 2.34. The van der Waals surface area contributed by atoms with Crippen molar-refractivity contribution in [3.63, 3.8) is 0 Å². The number of rotatable bonds is 5. The maximum atomic E-state index is 13.1. The molecule has 0 atom stereocenters. The molecule has 1 saturated heterocycles. The molecule has 4 rings (SSSR count). The van der Waals surface area contributed by atoms with Crippen LogP contribution in [0.25, 0.3) is 17.4 Å². The molecule has 1 N–H and O–H groups in total. The predicted octanol–water partition coefficient (Wildman–Crippen LogP) is 4.35. The zero-order chi connectivity index (χ0) is 23.7. The number of halogens is 1. The number of nitro benzene ring substituents is 1. The lowest BCUT2D eigenvalue weighted by molar-refractivity contribution is -0.384. The van der Waals surface area contributed by atoms with Gasteiger partial charge in [0, 0.05) is 17.7 Å². The van der Waals surface area contributed by atoms with Crippen LogP contribution in [0.4, 0.5) is 11.4 Å². The summed E-state index contributed by atoms with van der Waals surface area (Å²) in [7, 11) is 1.52. The lowest BCUT2D eigenvalue weighted by Crippen LogP contribution is -2.54. The van der Waals surface area contributed by atoms with Gasteiger partial charge in [0.2, 0.25) is 0 Å². The maximum Gasteiger partial charge on any atom is 0.270 e. The lowest BCUT2D eigenvalue weighted by Gasteiger charge is -2.28. The number of benzene rings is 2. The number of nitro groups is 1. The number of nitrogens with zero attached hydrogens (tertiary/aromatic N) is 2. The van der Waals surface area contributed by atoms with Crippen LogP contribution in [-0.2, 0) is 9.59 Å². The SMILES string of the molecule is COc1ccc(N2C(=O)/C(=C\c3ccc(-c4ccc([N+](=O)[O-])cc4Cl)o3)C(=O)NC2=S)cc1. The van der Waals surface area contributed by atoms with E-state index in [2.05, 4.69) is 5.32 Å². The van der Waals surface area contributed by atoms with Crippen molar-refractivity contribution in [1.82, 2.24) is 5.32 Å². The van der Waals surface area contributed by atoms with Crippen LogP contribution in [0, 0.1) is 10.1 Å². The number of methoxy groups -OCH3 is 1. The first kappa shape index (κ1) is 22.2. The summed E-state index contributed by atoms with van der Waals surface area (Å²) in [4.78, 5) is 37.1. The molecule has 2 heterocycles. The molecule has 2 aromatic carbocycles. The average Bonchev–Trinajstić information content (AvgIpc) is 3.25. The number of thiocarbonyl (C=S) groups is 1. The van der Waals surface area contributed by atoms with Crippen molar-refractivity contribution < 1.29 is 23.7 Å². The van der Waals surface area contributed by atoms with Gasteiger partial charge in [0.05, 0.1) is 22.7 Å². The average molecular weight is 484 g/mol. The van der Waals surface area contributed by atoms with Crippen LogP contribution in [0.15, 0.2) is 64.6 Å². The van der Waals surface area contributed by atoms with Gasteiger partial charge in [-0.05, 0) is 60.8 Å². The maximum absolute atomic E-state index is 13.1. The highest BCUT2D eigenvalue weighted by atomic mass is 35.5. The molecule has 33 heavy (non-hydrogen) atoms. The molecule has 1 fully saturated rings. The topological polar surface area (TPSA) is 115 Å². The summed E-state index contributed by atoms with van der Waals surface area (Å²) in [6, 6.07) is 13.7. The third-order valence-electron chi connectivity index (χ3n) is 4.77. The first-order valence-corrected chi connectivity index (χ1v) is 10.2. The fourth-order valence-electron chi connectivity index (χ4n) is 3.16. The van der Waals surface area contributed by atoms with Crippen molar-refractivity contribution in [2.45, 2.75) is 0 Å². The van der Waals surface area contributed by atoms with Gasteiger partial charge in [-0.25, -0.2) is 0 Å². The summed E-state index contributed by atoms with van der Waals surface area (Å²) < 4.78 is 10.8. The van der Waals surface area contributed by atoms with Gasteiger partial charge in [-0.2, -0.15) is 0 Å². The van der Waals surface area contributed by atoms with Gasteiger partial charge in [0.15, 0.2) is 5.11 Å². The summed E-state index contributed by atoms with van der Waals surface area (Å²) >= 11 is 11.3. The van der Waals surface area contributed by atoms with Crippen molar-refractivity contribution >= 4 is 58.2 Å². The van der Waals surface area contributed by atoms with E-state index in [0.717, 1.165) is 0 Å². The Kier molecular flexibility index (Phi) is 5.95. The van der Waals surface area contributed by atoms with E-state index in [9.17, 15) is 19.7 Å². The zero-order valence-corrected chi connectivity index (χ0v) is 18.5. The Morgan fingerprint density at radius 1 is 1.15 bits per heavy atom. The van der Waals surface area contributed by atoms with E-state index in [1.54, 1.807) is 36.4 Å². The molecule has 166 valence electrons. The fourth-order valence-corrected chi connectivity index (χ4v) is 3.71. The third-order valence-corrected chi connectivity index (χ3v) is 5.37. The van der Waals surface area contributed by atoms with Crippen LogP contribution in [-0.4, -0.2) is 29.0 Å². The molecule has 1 aromatic heterocycles. The van der Waals surface area contributed by atoms with E-state index >= 15 is 0 Å². The van der Waals surface area contributed by atoms with Gasteiger partial charge in [-0.1, -0.05) is 11.6 Å². The van der Waals surface area contributed by atoms with Gasteiger partial charge < -0.3 is 9.15 Å². The van der Waals surface area contributed by atoms with E-state index in [1.165, 1.54) is 36.3 Å². The van der Waals surface area contributed by atoms with Crippen LogP contribution in [0.3, 0.4) is 0 Å². The number of anilines is 1. The molecule has 1 aliphatic rings. The second-order valence-corrected chi connectivity index (χ2v) is 7.57. The summed E-state index contributed by atoms with van der Waals surface area (Å²) in [6.07, 6.45) is 1.29. The van der Waals surface area contributed by atoms with Crippen LogP contribution >= 0.6 is 23.8 Å². The van der Waals surface area contributed by atoms with Crippen LogP contribution < -0.4 is 15.0 Å². The first-order valence-electron chi connectivity index (χ1n) is 9.38. The highest BCUT2D eigenvalue weighted by Crippen LogP contribution is 2.33. The van der Waals surface area contributed by atoms with Crippen LogP contribution in [0.2, 0.25) is 5.02 Å². The molecular formula is C22H14ClN3O6S. The number of amides is 2. The smallest absolute Gasteiger partial charge is 0.270 e. The van der Waals surface area contributed by atoms with Crippen molar-refractivity contribution in [2.24, 2.45) is 0 Å². The third kappa shape index (κ3) is 4.34. The molecule has 0 aliphatic carbocycles. The highest BCUT2D eigenvalue weighted by molar-refractivity contribution is 7.80. The zero-order valence-electron chi connectivity index (χ0n) is 16.9. The van der Waals surface area contributed by atoms with Gasteiger partial charge in [0.25, 0.3) is 17.5 Å². The van der Waals surface area contributed by atoms with Gasteiger partial charge in [0.1, 0.15) is 22.8 Å². The Bertz CT molecular complexity index is 1330. The molecule has 2 amide bonds. The number of hydrogen-bond acceptors (Lipinski definition) is 7. The summed E-state index contributed by atoms with van der Waals surface area (Å²) in [5.41, 5.74) is 0.536.